The third-order valence-corrected chi connectivity index (χ3v) is 3.04. The van der Waals surface area contributed by atoms with Crippen LogP contribution >= 0.6 is 0 Å². The van der Waals surface area contributed by atoms with Gasteiger partial charge in [0.05, 0.1) is 23.7 Å². The maximum absolute atomic E-state index is 11.8. The molecule has 1 aromatic rings. The molecule has 19 heavy (non-hydrogen) atoms. The zero-order chi connectivity index (χ0) is 13.8. The van der Waals surface area contributed by atoms with Gasteiger partial charge in [-0.2, -0.15) is 0 Å². The molecule has 0 spiro atoms. The van der Waals surface area contributed by atoms with E-state index in [2.05, 4.69) is 9.88 Å². The Morgan fingerprint density at radius 3 is 2.63 bits per heavy atom. The van der Waals surface area contributed by atoms with Crippen molar-refractivity contribution in [2.45, 2.75) is 20.0 Å². The Hall–Kier alpha value is -1.98. The molecule has 6 heteroatoms. The molecule has 1 aliphatic heterocycles. The predicted octanol–water partition coefficient (Wildman–Crippen LogP) is 1.33. The van der Waals surface area contributed by atoms with Gasteiger partial charge in [0.2, 0.25) is 0 Å². The van der Waals surface area contributed by atoms with E-state index in [9.17, 15) is 4.79 Å². The minimum absolute atomic E-state index is 0.0821. The topological polar surface area (TPSA) is 71.7 Å². The summed E-state index contributed by atoms with van der Waals surface area (Å²) in [5, 5.41) is 0. The summed E-state index contributed by atoms with van der Waals surface area (Å²) in [4.78, 5) is 19.6. The normalized spacial score (nSPS) is 15.7. The van der Waals surface area contributed by atoms with Crippen molar-refractivity contribution in [2.24, 2.45) is 0 Å². The second kappa shape index (κ2) is 5.77. The van der Waals surface area contributed by atoms with Crippen LogP contribution in [0.2, 0.25) is 0 Å². The molecule has 1 amide bonds. The predicted molar refractivity (Wildman–Crippen MR) is 74.1 cm³/mol. The van der Waals surface area contributed by atoms with Crippen molar-refractivity contribution in [3.05, 3.63) is 18.5 Å². The van der Waals surface area contributed by atoms with Gasteiger partial charge in [-0.3, -0.25) is 4.98 Å². The minimum Gasteiger partial charge on any atom is -0.447 e. The van der Waals surface area contributed by atoms with Crippen molar-refractivity contribution in [2.75, 3.05) is 36.8 Å². The van der Waals surface area contributed by atoms with Gasteiger partial charge in [0, 0.05) is 32.4 Å². The quantitative estimate of drug-likeness (QED) is 0.872. The summed E-state index contributed by atoms with van der Waals surface area (Å²) in [5.41, 5.74) is 7.55. The van der Waals surface area contributed by atoms with Crippen LogP contribution < -0.4 is 10.6 Å². The number of aromatic nitrogens is 1. The summed E-state index contributed by atoms with van der Waals surface area (Å²) in [7, 11) is 0. The van der Waals surface area contributed by atoms with E-state index < -0.39 is 0 Å². The van der Waals surface area contributed by atoms with Crippen molar-refractivity contribution in [3.8, 4) is 0 Å². The highest BCUT2D eigenvalue weighted by molar-refractivity contribution is 5.69. The molecule has 2 heterocycles. The molecule has 0 aromatic carbocycles. The molecule has 6 nitrogen and oxygen atoms in total. The van der Waals surface area contributed by atoms with E-state index in [0.717, 1.165) is 18.8 Å². The minimum atomic E-state index is -0.239. The molecule has 0 unspecified atom stereocenters. The summed E-state index contributed by atoms with van der Waals surface area (Å²) < 4.78 is 5.19. The number of carbonyl (C=O) groups is 1. The van der Waals surface area contributed by atoms with E-state index >= 15 is 0 Å². The Bertz CT molecular complexity index is 442. The summed E-state index contributed by atoms with van der Waals surface area (Å²) in [6, 6.07) is 1.90. The molecule has 1 saturated heterocycles. The molecular formula is C13H20N4O2. The average molecular weight is 264 g/mol. The highest BCUT2D eigenvalue weighted by Gasteiger charge is 2.23. The van der Waals surface area contributed by atoms with Gasteiger partial charge in [0.15, 0.2) is 0 Å². The number of rotatable bonds is 2. The SMILES string of the molecule is CC(C)OC(=O)N1CCN(c2ccncc2N)CC1. The van der Waals surface area contributed by atoms with Crippen LogP contribution in [0.4, 0.5) is 16.2 Å². The number of amides is 1. The van der Waals surface area contributed by atoms with Crippen LogP contribution in [0.25, 0.3) is 0 Å². The fraction of sp³-hybridized carbons (Fsp3) is 0.538. The molecule has 0 bridgehead atoms. The Morgan fingerprint density at radius 1 is 1.37 bits per heavy atom. The Morgan fingerprint density at radius 2 is 2.05 bits per heavy atom. The van der Waals surface area contributed by atoms with Crippen LogP contribution in [0.1, 0.15) is 13.8 Å². The summed E-state index contributed by atoms with van der Waals surface area (Å²) in [6.07, 6.45) is 3.05. The first-order valence-electron chi connectivity index (χ1n) is 6.48. The number of anilines is 2. The van der Waals surface area contributed by atoms with E-state index in [0.29, 0.717) is 18.8 Å². The Kier molecular flexibility index (Phi) is 4.09. The number of nitrogen functional groups attached to an aromatic ring is 1. The molecule has 0 atom stereocenters. The molecule has 0 aliphatic carbocycles. The lowest BCUT2D eigenvalue weighted by Gasteiger charge is -2.36. The number of ether oxygens (including phenoxy) is 1. The van der Waals surface area contributed by atoms with Crippen LogP contribution in [0.15, 0.2) is 18.5 Å². The van der Waals surface area contributed by atoms with Crippen molar-refractivity contribution in [3.63, 3.8) is 0 Å². The molecule has 0 saturated carbocycles. The maximum atomic E-state index is 11.8. The number of piperazine rings is 1. The van der Waals surface area contributed by atoms with Gasteiger partial charge in [0.1, 0.15) is 0 Å². The number of carbonyl (C=O) groups excluding carboxylic acids is 1. The van der Waals surface area contributed by atoms with Crippen molar-refractivity contribution in [1.82, 2.24) is 9.88 Å². The Balaban J connectivity index is 1.93. The number of hydrogen-bond acceptors (Lipinski definition) is 5. The number of nitrogens with zero attached hydrogens (tertiary/aromatic N) is 3. The van der Waals surface area contributed by atoms with Gasteiger partial charge in [-0.05, 0) is 19.9 Å². The van der Waals surface area contributed by atoms with Crippen molar-refractivity contribution in [1.29, 1.82) is 0 Å². The number of nitrogens with two attached hydrogens (primary N) is 1. The molecule has 2 rings (SSSR count). The molecular weight excluding hydrogens is 244 g/mol. The molecule has 1 fully saturated rings. The summed E-state index contributed by atoms with van der Waals surface area (Å²) in [5.74, 6) is 0. The smallest absolute Gasteiger partial charge is 0.410 e. The van der Waals surface area contributed by atoms with E-state index in [1.54, 1.807) is 17.3 Å². The van der Waals surface area contributed by atoms with E-state index in [1.165, 1.54) is 0 Å². The van der Waals surface area contributed by atoms with Gasteiger partial charge in [-0.1, -0.05) is 0 Å². The van der Waals surface area contributed by atoms with E-state index in [-0.39, 0.29) is 12.2 Å². The molecule has 0 radical (unpaired) electrons. The third-order valence-electron chi connectivity index (χ3n) is 3.04. The number of hydrogen-bond donors (Lipinski definition) is 1. The highest BCUT2D eigenvalue weighted by Crippen LogP contribution is 2.22. The first-order chi connectivity index (χ1) is 9.08. The number of pyridine rings is 1. The maximum Gasteiger partial charge on any atom is 0.410 e. The monoisotopic (exact) mass is 264 g/mol. The first-order valence-corrected chi connectivity index (χ1v) is 6.48. The third kappa shape index (κ3) is 3.27. The average Bonchev–Trinajstić information content (AvgIpc) is 2.39. The van der Waals surface area contributed by atoms with Gasteiger partial charge in [-0.25, -0.2) is 4.79 Å². The van der Waals surface area contributed by atoms with Crippen molar-refractivity contribution >= 4 is 17.5 Å². The second-order valence-electron chi connectivity index (χ2n) is 4.84. The van der Waals surface area contributed by atoms with Crippen molar-refractivity contribution < 1.29 is 9.53 Å². The lowest BCUT2D eigenvalue weighted by molar-refractivity contribution is 0.0751. The zero-order valence-electron chi connectivity index (χ0n) is 11.4. The van der Waals surface area contributed by atoms with Gasteiger partial charge in [-0.15, -0.1) is 0 Å². The standard InChI is InChI=1S/C13H20N4O2/c1-10(2)19-13(18)17-7-5-16(6-8-17)12-3-4-15-9-11(12)14/h3-4,9-10H,5-8,14H2,1-2H3. The fourth-order valence-corrected chi connectivity index (χ4v) is 2.09. The molecule has 2 N–H and O–H groups in total. The molecule has 1 aromatic heterocycles. The van der Waals surface area contributed by atoms with Crippen LogP contribution in [0.5, 0.6) is 0 Å². The van der Waals surface area contributed by atoms with Crippen LogP contribution in [-0.4, -0.2) is 48.3 Å². The van der Waals surface area contributed by atoms with E-state index in [4.69, 9.17) is 10.5 Å². The summed E-state index contributed by atoms with van der Waals surface area (Å²) >= 11 is 0. The molecule has 104 valence electrons. The van der Waals surface area contributed by atoms with Crippen LogP contribution in [0, 0.1) is 0 Å². The fourth-order valence-electron chi connectivity index (χ4n) is 2.09. The lowest BCUT2D eigenvalue weighted by Crippen LogP contribution is -2.49. The van der Waals surface area contributed by atoms with E-state index in [1.807, 2.05) is 19.9 Å². The summed E-state index contributed by atoms with van der Waals surface area (Å²) in [6.45, 7) is 6.50. The zero-order valence-corrected chi connectivity index (χ0v) is 11.4. The van der Waals surface area contributed by atoms with Crippen LogP contribution in [0.3, 0.4) is 0 Å². The van der Waals surface area contributed by atoms with Gasteiger partial charge < -0.3 is 20.3 Å². The molecule has 1 aliphatic rings. The van der Waals surface area contributed by atoms with Crippen LogP contribution in [-0.2, 0) is 4.74 Å². The largest absolute Gasteiger partial charge is 0.447 e. The first kappa shape index (κ1) is 13.5. The van der Waals surface area contributed by atoms with Gasteiger partial charge in [0.25, 0.3) is 0 Å². The van der Waals surface area contributed by atoms with Gasteiger partial charge >= 0.3 is 6.09 Å². The highest BCUT2D eigenvalue weighted by atomic mass is 16.6. The Labute approximate surface area is 113 Å². The second-order valence-corrected chi connectivity index (χ2v) is 4.84. The lowest BCUT2D eigenvalue weighted by atomic mass is 10.2.